The highest BCUT2D eigenvalue weighted by molar-refractivity contribution is 5.72. The molecule has 0 amide bonds. The number of fused-ring (bicyclic) bond motifs is 1. The molecule has 1 atom stereocenters. The number of rotatable bonds is 6. The van der Waals surface area contributed by atoms with E-state index in [-0.39, 0.29) is 0 Å². The summed E-state index contributed by atoms with van der Waals surface area (Å²) in [5.41, 5.74) is 1.88. The first kappa shape index (κ1) is 14.6. The highest BCUT2D eigenvalue weighted by Gasteiger charge is 2.25. The summed E-state index contributed by atoms with van der Waals surface area (Å²) in [6.07, 6.45) is 8.95. The minimum absolute atomic E-state index is 0.512. The van der Waals surface area contributed by atoms with E-state index >= 15 is 0 Å². The molecule has 3 rings (SSSR count). The molecule has 0 aliphatic heterocycles. The predicted octanol–water partition coefficient (Wildman–Crippen LogP) is 4.32. The van der Waals surface area contributed by atoms with Gasteiger partial charge in [0.25, 0.3) is 0 Å². The fourth-order valence-electron chi connectivity index (χ4n) is 3.47. The molecule has 114 valence electrons. The van der Waals surface area contributed by atoms with Gasteiger partial charge < -0.3 is 9.73 Å². The number of oxazole rings is 1. The largest absolute Gasteiger partial charge is 0.441 e. The molecule has 1 N–H and O–H groups in total. The van der Waals surface area contributed by atoms with E-state index in [1.165, 1.54) is 38.5 Å². The number of nitrogens with one attached hydrogen (secondary N) is 1. The Labute approximate surface area is 127 Å². The van der Waals surface area contributed by atoms with E-state index in [1.807, 2.05) is 24.3 Å². The van der Waals surface area contributed by atoms with Crippen molar-refractivity contribution in [1.82, 2.24) is 10.3 Å². The first-order valence-electron chi connectivity index (χ1n) is 8.44. The second-order valence-corrected chi connectivity index (χ2v) is 6.24. The SMILES string of the molecule is CCCNC(Cc1nc2ccccc2o1)C1CCCCC1. The van der Waals surface area contributed by atoms with E-state index in [1.54, 1.807) is 0 Å². The van der Waals surface area contributed by atoms with Gasteiger partial charge in [-0.05, 0) is 43.9 Å². The Morgan fingerprint density at radius 3 is 2.81 bits per heavy atom. The number of hydrogen-bond donors (Lipinski definition) is 1. The third-order valence-electron chi connectivity index (χ3n) is 4.61. The van der Waals surface area contributed by atoms with E-state index in [0.29, 0.717) is 6.04 Å². The molecular formula is C18H26N2O. The minimum atomic E-state index is 0.512. The van der Waals surface area contributed by atoms with Crippen LogP contribution in [-0.2, 0) is 6.42 Å². The van der Waals surface area contributed by atoms with Crippen molar-refractivity contribution in [2.45, 2.75) is 57.9 Å². The van der Waals surface area contributed by atoms with Crippen LogP contribution in [0.2, 0.25) is 0 Å². The number of nitrogens with zero attached hydrogens (tertiary/aromatic N) is 1. The van der Waals surface area contributed by atoms with Crippen LogP contribution >= 0.6 is 0 Å². The average molecular weight is 286 g/mol. The Kier molecular flexibility index (Phi) is 4.91. The van der Waals surface area contributed by atoms with Crippen LogP contribution in [0, 0.1) is 5.92 Å². The standard InChI is InChI=1S/C18H26N2O/c1-2-12-19-16(14-8-4-3-5-9-14)13-18-20-15-10-6-7-11-17(15)21-18/h6-7,10-11,14,16,19H,2-5,8-9,12-13H2,1H3. The van der Waals surface area contributed by atoms with Crippen molar-refractivity contribution in [2.75, 3.05) is 6.54 Å². The van der Waals surface area contributed by atoms with E-state index in [9.17, 15) is 0 Å². The number of hydrogen-bond acceptors (Lipinski definition) is 3. The molecule has 0 radical (unpaired) electrons. The van der Waals surface area contributed by atoms with Crippen molar-refractivity contribution in [3.8, 4) is 0 Å². The topological polar surface area (TPSA) is 38.1 Å². The van der Waals surface area contributed by atoms with Crippen LogP contribution in [0.1, 0.15) is 51.3 Å². The summed E-state index contributed by atoms with van der Waals surface area (Å²) in [4.78, 5) is 4.65. The van der Waals surface area contributed by atoms with Crippen LogP contribution in [0.25, 0.3) is 11.1 Å². The Morgan fingerprint density at radius 2 is 2.05 bits per heavy atom. The molecule has 1 aliphatic carbocycles. The fourth-order valence-corrected chi connectivity index (χ4v) is 3.47. The summed E-state index contributed by atoms with van der Waals surface area (Å²) in [7, 11) is 0. The summed E-state index contributed by atoms with van der Waals surface area (Å²) in [5.74, 6) is 1.66. The van der Waals surface area contributed by atoms with Gasteiger partial charge in [-0.25, -0.2) is 4.98 Å². The van der Waals surface area contributed by atoms with E-state index in [0.717, 1.165) is 35.9 Å². The molecule has 1 saturated carbocycles. The molecule has 1 aromatic carbocycles. The molecule has 1 fully saturated rings. The van der Waals surface area contributed by atoms with E-state index in [2.05, 4.69) is 17.2 Å². The van der Waals surface area contributed by atoms with Gasteiger partial charge in [-0.3, -0.25) is 0 Å². The van der Waals surface area contributed by atoms with E-state index < -0.39 is 0 Å². The van der Waals surface area contributed by atoms with Gasteiger partial charge in [0, 0.05) is 12.5 Å². The first-order chi connectivity index (χ1) is 10.4. The maximum Gasteiger partial charge on any atom is 0.197 e. The lowest BCUT2D eigenvalue weighted by Gasteiger charge is -2.30. The molecule has 1 aliphatic rings. The first-order valence-corrected chi connectivity index (χ1v) is 8.44. The van der Waals surface area contributed by atoms with Gasteiger partial charge in [0.1, 0.15) is 5.52 Å². The minimum Gasteiger partial charge on any atom is -0.441 e. The molecule has 0 spiro atoms. The molecule has 1 aromatic heterocycles. The Hall–Kier alpha value is -1.35. The van der Waals surface area contributed by atoms with Crippen LogP contribution in [0.3, 0.4) is 0 Å². The Balaban J connectivity index is 1.72. The molecule has 1 heterocycles. The zero-order valence-corrected chi connectivity index (χ0v) is 13.0. The molecule has 1 unspecified atom stereocenters. The van der Waals surface area contributed by atoms with Crippen LogP contribution in [0.5, 0.6) is 0 Å². The summed E-state index contributed by atoms with van der Waals surface area (Å²) < 4.78 is 5.92. The summed E-state index contributed by atoms with van der Waals surface area (Å²) in [6, 6.07) is 8.56. The van der Waals surface area contributed by atoms with Crippen molar-refractivity contribution in [3.63, 3.8) is 0 Å². The van der Waals surface area contributed by atoms with Crippen LogP contribution in [0.15, 0.2) is 28.7 Å². The van der Waals surface area contributed by atoms with Gasteiger partial charge >= 0.3 is 0 Å². The molecule has 21 heavy (non-hydrogen) atoms. The predicted molar refractivity (Wildman–Crippen MR) is 86.4 cm³/mol. The summed E-state index contributed by atoms with van der Waals surface area (Å²) in [6.45, 7) is 3.31. The van der Waals surface area contributed by atoms with Crippen LogP contribution < -0.4 is 5.32 Å². The average Bonchev–Trinajstić information content (AvgIpc) is 2.94. The lowest BCUT2D eigenvalue weighted by Crippen LogP contribution is -2.39. The smallest absolute Gasteiger partial charge is 0.197 e. The van der Waals surface area contributed by atoms with Gasteiger partial charge in [-0.15, -0.1) is 0 Å². The third kappa shape index (κ3) is 3.65. The molecular weight excluding hydrogens is 260 g/mol. The highest BCUT2D eigenvalue weighted by atomic mass is 16.3. The molecule has 0 saturated heterocycles. The zero-order valence-electron chi connectivity index (χ0n) is 13.0. The number of para-hydroxylation sites is 2. The summed E-state index contributed by atoms with van der Waals surface area (Å²) >= 11 is 0. The third-order valence-corrected chi connectivity index (χ3v) is 4.61. The highest BCUT2D eigenvalue weighted by Crippen LogP contribution is 2.28. The number of aromatic nitrogens is 1. The van der Waals surface area contributed by atoms with Crippen molar-refractivity contribution in [2.24, 2.45) is 5.92 Å². The lowest BCUT2D eigenvalue weighted by atomic mass is 9.82. The van der Waals surface area contributed by atoms with Gasteiger partial charge in [0.2, 0.25) is 0 Å². The second-order valence-electron chi connectivity index (χ2n) is 6.24. The van der Waals surface area contributed by atoms with Crippen LogP contribution in [-0.4, -0.2) is 17.6 Å². The molecule has 3 heteroatoms. The van der Waals surface area contributed by atoms with Crippen LogP contribution in [0.4, 0.5) is 0 Å². The molecule has 2 aromatic rings. The van der Waals surface area contributed by atoms with Crippen molar-refractivity contribution in [1.29, 1.82) is 0 Å². The lowest BCUT2D eigenvalue weighted by molar-refractivity contribution is 0.257. The van der Waals surface area contributed by atoms with Crippen molar-refractivity contribution < 1.29 is 4.42 Å². The monoisotopic (exact) mass is 286 g/mol. The molecule has 3 nitrogen and oxygen atoms in total. The van der Waals surface area contributed by atoms with Crippen molar-refractivity contribution in [3.05, 3.63) is 30.2 Å². The summed E-state index contributed by atoms with van der Waals surface area (Å²) in [5, 5.41) is 3.73. The number of benzene rings is 1. The maximum atomic E-state index is 5.92. The quantitative estimate of drug-likeness (QED) is 0.859. The van der Waals surface area contributed by atoms with Gasteiger partial charge in [-0.1, -0.05) is 38.3 Å². The maximum absolute atomic E-state index is 5.92. The zero-order chi connectivity index (χ0) is 14.5. The fraction of sp³-hybridized carbons (Fsp3) is 0.611. The van der Waals surface area contributed by atoms with Gasteiger partial charge in [0.15, 0.2) is 11.5 Å². The van der Waals surface area contributed by atoms with E-state index in [4.69, 9.17) is 4.42 Å². The Morgan fingerprint density at radius 1 is 1.24 bits per heavy atom. The second kappa shape index (κ2) is 7.08. The molecule has 0 bridgehead atoms. The van der Waals surface area contributed by atoms with Gasteiger partial charge in [-0.2, -0.15) is 0 Å². The normalized spacial score (nSPS) is 18.1. The van der Waals surface area contributed by atoms with Gasteiger partial charge in [0.05, 0.1) is 0 Å². The van der Waals surface area contributed by atoms with Crippen molar-refractivity contribution >= 4 is 11.1 Å². The Bertz CT molecular complexity index is 524.